The maximum atomic E-state index is 12.2. The minimum absolute atomic E-state index is 0.140. The van der Waals surface area contributed by atoms with Crippen LogP contribution < -0.4 is 15.1 Å². The van der Waals surface area contributed by atoms with Crippen molar-refractivity contribution in [2.24, 2.45) is 5.10 Å². The number of benzene rings is 2. The monoisotopic (exact) mass is 407 g/mol. The number of nitrogens with zero attached hydrogens (tertiary/aromatic N) is 2. The average molecular weight is 408 g/mol. The molecule has 2 aromatic carbocycles. The number of hydrazone groups is 1. The molecule has 160 valence electrons. The molecule has 1 aliphatic heterocycles. The number of aryl methyl sites for hydroxylation is 1. The molecule has 0 spiro atoms. The van der Waals surface area contributed by atoms with Crippen LogP contribution in [0.15, 0.2) is 41.5 Å². The minimum atomic E-state index is -0.140. The van der Waals surface area contributed by atoms with E-state index in [1.54, 1.807) is 13.3 Å². The van der Waals surface area contributed by atoms with E-state index in [-0.39, 0.29) is 17.9 Å². The number of hydrogen-bond acceptors (Lipinski definition) is 4. The van der Waals surface area contributed by atoms with Crippen molar-refractivity contribution in [1.82, 2.24) is 5.43 Å². The summed E-state index contributed by atoms with van der Waals surface area (Å²) < 4.78 is 5.14. The maximum Gasteiger partial charge on any atom is 0.244 e. The Morgan fingerprint density at radius 3 is 2.63 bits per heavy atom. The van der Waals surface area contributed by atoms with Crippen molar-refractivity contribution in [2.75, 3.05) is 18.6 Å². The van der Waals surface area contributed by atoms with Gasteiger partial charge in [-0.1, -0.05) is 19.1 Å². The van der Waals surface area contributed by atoms with Crippen molar-refractivity contribution in [1.29, 1.82) is 0 Å². The van der Waals surface area contributed by atoms with Crippen LogP contribution in [0.2, 0.25) is 0 Å². The Kier molecular flexibility index (Phi) is 6.49. The fourth-order valence-electron chi connectivity index (χ4n) is 4.53. The zero-order chi connectivity index (χ0) is 21.9. The second kappa shape index (κ2) is 8.90. The van der Waals surface area contributed by atoms with Crippen LogP contribution in [0.4, 0.5) is 5.69 Å². The zero-order valence-corrected chi connectivity index (χ0v) is 19.0. The molecule has 0 radical (unpaired) electrons. The Morgan fingerprint density at radius 1 is 1.30 bits per heavy atom. The summed E-state index contributed by atoms with van der Waals surface area (Å²) in [4.78, 5) is 14.7. The second-order valence-corrected chi connectivity index (χ2v) is 8.75. The largest absolute Gasteiger partial charge is 0.497 e. The summed E-state index contributed by atoms with van der Waals surface area (Å²) in [6.45, 7) is 12.2. The standard InChI is InChI=1S/C25H33N3O2/c1-7-28-23-12-17(2)20(14-22(23)18(3)15-25(28,4)5)16-26-27-24(29)13-19-8-10-21(30-6)11-9-19/h8-12,14,16,18H,7,13,15H2,1-6H3,(H,27,29)/b26-16+/t18-/m1/s1. The van der Waals surface area contributed by atoms with E-state index in [2.05, 4.69) is 62.2 Å². The van der Waals surface area contributed by atoms with Gasteiger partial charge in [-0.25, -0.2) is 5.43 Å². The molecular formula is C25H33N3O2. The van der Waals surface area contributed by atoms with Gasteiger partial charge in [0.2, 0.25) is 5.91 Å². The Bertz CT molecular complexity index is 932. The van der Waals surface area contributed by atoms with Gasteiger partial charge in [0.05, 0.1) is 19.7 Å². The first kappa shape index (κ1) is 21.9. The average Bonchev–Trinajstić information content (AvgIpc) is 2.69. The van der Waals surface area contributed by atoms with Crippen molar-refractivity contribution in [3.8, 4) is 5.75 Å². The molecule has 1 amide bonds. The van der Waals surface area contributed by atoms with Gasteiger partial charge in [-0.2, -0.15) is 5.10 Å². The van der Waals surface area contributed by atoms with Gasteiger partial charge < -0.3 is 9.64 Å². The van der Waals surface area contributed by atoms with E-state index in [1.165, 1.54) is 11.3 Å². The van der Waals surface area contributed by atoms with E-state index in [4.69, 9.17) is 4.74 Å². The first-order chi connectivity index (χ1) is 14.2. The van der Waals surface area contributed by atoms with E-state index in [0.717, 1.165) is 35.4 Å². The predicted octanol–water partition coefficient (Wildman–Crippen LogP) is 4.81. The number of anilines is 1. The summed E-state index contributed by atoms with van der Waals surface area (Å²) in [5.41, 5.74) is 8.59. The van der Waals surface area contributed by atoms with E-state index >= 15 is 0 Å². The van der Waals surface area contributed by atoms with Gasteiger partial charge in [0.1, 0.15) is 5.75 Å². The predicted molar refractivity (Wildman–Crippen MR) is 124 cm³/mol. The SMILES string of the molecule is CCN1c2cc(C)c(/C=N/NC(=O)Cc3ccc(OC)cc3)cc2[C@H](C)CC1(C)C. The maximum absolute atomic E-state index is 12.2. The third kappa shape index (κ3) is 4.66. The number of carbonyl (C=O) groups excluding carboxylic acids is 1. The molecule has 0 bridgehead atoms. The number of methoxy groups -OCH3 is 1. The lowest BCUT2D eigenvalue weighted by molar-refractivity contribution is -0.120. The Balaban J connectivity index is 1.71. The van der Waals surface area contributed by atoms with Gasteiger partial charge in [0.15, 0.2) is 0 Å². The van der Waals surface area contributed by atoms with Crippen LogP contribution in [-0.4, -0.2) is 31.3 Å². The zero-order valence-electron chi connectivity index (χ0n) is 19.0. The van der Waals surface area contributed by atoms with Crippen molar-refractivity contribution in [3.63, 3.8) is 0 Å². The lowest BCUT2D eigenvalue weighted by atomic mass is 9.79. The lowest BCUT2D eigenvalue weighted by Gasteiger charge is -2.47. The molecule has 30 heavy (non-hydrogen) atoms. The highest BCUT2D eigenvalue weighted by Crippen LogP contribution is 2.43. The fourth-order valence-corrected chi connectivity index (χ4v) is 4.53. The molecule has 5 heteroatoms. The van der Waals surface area contributed by atoms with Crippen LogP contribution in [0.3, 0.4) is 0 Å². The normalized spacial score (nSPS) is 17.7. The van der Waals surface area contributed by atoms with Crippen molar-refractivity contribution < 1.29 is 9.53 Å². The van der Waals surface area contributed by atoms with Gasteiger partial charge in [-0.3, -0.25) is 4.79 Å². The molecular weight excluding hydrogens is 374 g/mol. The van der Waals surface area contributed by atoms with Crippen LogP contribution in [0.1, 0.15) is 62.3 Å². The molecule has 1 aliphatic rings. The third-order valence-electron chi connectivity index (χ3n) is 6.01. The van der Waals surface area contributed by atoms with Gasteiger partial charge in [-0.15, -0.1) is 0 Å². The molecule has 1 atom stereocenters. The van der Waals surface area contributed by atoms with Crippen LogP contribution >= 0.6 is 0 Å². The fraction of sp³-hybridized carbons (Fsp3) is 0.440. The van der Waals surface area contributed by atoms with E-state index in [9.17, 15) is 4.79 Å². The first-order valence-corrected chi connectivity index (χ1v) is 10.6. The van der Waals surface area contributed by atoms with Gasteiger partial charge in [0.25, 0.3) is 0 Å². The van der Waals surface area contributed by atoms with Gasteiger partial charge in [0, 0.05) is 17.8 Å². The van der Waals surface area contributed by atoms with Crippen molar-refractivity contribution in [2.45, 2.75) is 58.9 Å². The molecule has 0 aliphatic carbocycles. The molecule has 1 heterocycles. The minimum Gasteiger partial charge on any atom is -0.497 e. The van der Waals surface area contributed by atoms with Crippen LogP contribution in [0, 0.1) is 6.92 Å². The summed E-state index contributed by atoms with van der Waals surface area (Å²) in [5, 5.41) is 4.21. The lowest BCUT2D eigenvalue weighted by Crippen LogP contribution is -2.48. The number of hydrogen-bond donors (Lipinski definition) is 1. The van der Waals surface area contributed by atoms with E-state index < -0.39 is 0 Å². The molecule has 5 nitrogen and oxygen atoms in total. The summed E-state index contributed by atoms with van der Waals surface area (Å²) >= 11 is 0. The third-order valence-corrected chi connectivity index (χ3v) is 6.01. The Morgan fingerprint density at radius 2 is 2.00 bits per heavy atom. The van der Waals surface area contributed by atoms with Gasteiger partial charge in [-0.05, 0) is 86.6 Å². The second-order valence-electron chi connectivity index (χ2n) is 8.75. The number of amides is 1. The molecule has 0 unspecified atom stereocenters. The van der Waals surface area contributed by atoms with E-state index in [0.29, 0.717) is 5.92 Å². The molecule has 0 saturated heterocycles. The molecule has 0 aromatic heterocycles. The molecule has 0 fully saturated rings. The van der Waals surface area contributed by atoms with Crippen molar-refractivity contribution in [3.05, 3.63) is 58.7 Å². The van der Waals surface area contributed by atoms with Crippen molar-refractivity contribution >= 4 is 17.8 Å². The highest BCUT2D eigenvalue weighted by Gasteiger charge is 2.35. The summed E-state index contributed by atoms with van der Waals surface area (Å²) in [6, 6.07) is 12.0. The van der Waals surface area contributed by atoms with Gasteiger partial charge >= 0.3 is 0 Å². The summed E-state index contributed by atoms with van der Waals surface area (Å²) in [7, 11) is 1.63. The van der Waals surface area contributed by atoms with E-state index in [1.807, 2.05) is 24.3 Å². The van der Waals surface area contributed by atoms with Crippen LogP contribution in [-0.2, 0) is 11.2 Å². The Labute approximate surface area is 180 Å². The number of nitrogens with one attached hydrogen (secondary N) is 1. The summed E-state index contributed by atoms with van der Waals surface area (Å²) in [5.74, 6) is 1.12. The molecule has 0 saturated carbocycles. The molecule has 2 aromatic rings. The quantitative estimate of drug-likeness (QED) is 0.552. The van der Waals surface area contributed by atoms with Crippen LogP contribution in [0.25, 0.3) is 0 Å². The number of rotatable bonds is 6. The first-order valence-electron chi connectivity index (χ1n) is 10.6. The molecule has 1 N–H and O–H groups in total. The number of fused-ring (bicyclic) bond motifs is 1. The highest BCUT2D eigenvalue weighted by molar-refractivity contribution is 5.86. The molecule has 3 rings (SSSR count). The topological polar surface area (TPSA) is 53.9 Å². The smallest absolute Gasteiger partial charge is 0.244 e. The highest BCUT2D eigenvalue weighted by atomic mass is 16.5. The Hall–Kier alpha value is -2.82. The van der Waals surface area contributed by atoms with Crippen LogP contribution in [0.5, 0.6) is 5.75 Å². The number of ether oxygens (including phenoxy) is 1. The number of carbonyl (C=O) groups is 1. The summed E-state index contributed by atoms with van der Waals surface area (Å²) in [6.07, 6.45) is 3.15.